The van der Waals surface area contributed by atoms with Gasteiger partial charge in [-0.1, -0.05) is 44.2 Å². The van der Waals surface area contributed by atoms with Crippen LogP contribution in [0.25, 0.3) is 17.9 Å². The van der Waals surface area contributed by atoms with Crippen LogP contribution in [0.4, 0.5) is 5.69 Å². The molecule has 41 heavy (non-hydrogen) atoms. The first-order valence-corrected chi connectivity index (χ1v) is 13.1. The maximum atomic E-state index is 14.3. The van der Waals surface area contributed by atoms with E-state index in [4.69, 9.17) is 11.5 Å². The highest BCUT2D eigenvalue weighted by Crippen LogP contribution is 2.63. The normalized spacial score (nSPS) is 29.6. The Balaban J connectivity index is 1.74. The number of aromatic hydroxyl groups is 1. The quantitative estimate of drug-likeness (QED) is 0.186. The van der Waals surface area contributed by atoms with Gasteiger partial charge in [0.15, 0.2) is 11.4 Å². The monoisotopic (exact) mass is 559 g/mol. The largest absolute Gasteiger partial charge is 0.508 e. The van der Waals surface area contributed by atoms with E-state index < -0.39 is 57.0 Å². The fourth-order valence-electron chi connectivity index (χ4n) is 7.29. The van der Waals surface area contributed by atoms with Crippen molar-refractivity contribution in [2.24, 2.45) is 16.6 Å². The molecule has 1 fully saturated rings. The number of hydrogen-bond donors (Lipinski definition) is 6. The van der Waals surface area contributed by atoms with Crippen LogP contribution < -0.4 is 11.5 Å². The first-order valence-electron chi connectivity index (χ1n) is 13.1. The molecule has 0 heterocycles. The van der Waals surface area contributed by atoms with E-state index in [1.54, 1.807) is 39.2 Å². The Morgan fingerprint density at radius 3 is 2.24 bits per heavy atom. The fraction of sp³-hybridized carbons (Fsp3) is 0.323. The molecule has 4 atom stereocenters. The van der Waals surface area contributed by atoms with Crippen LogP contribution in [0.2, 0.25) is 0 Å². The van der Waals surface area contributed by atoms with Gasteiger partial charge in [-0.3, -0.25) is 19.3 Å². The molecule has 0 bridgehead atoms. The molecule has 1 saturated carbocycles. The van der Waals surface area contributed by atoms with E-state index in [0.717, 1.165) is 5.56 Å². The van der Waals surface area contributed by atoms with Crippen molar-refractivity contribution < 1.29 is 34.8 Å². The van der Waals surface area contributed by atoms with E-state index >= 15 is 0 Å². The van der Waals surface area contributed by atoms with Crippen molar-refractivity contribution in [3.63, 3.8) is 0 Å². The van der Waals surface area contributed by atoms with Gasteiger partial charge >= 0.3 is 0 Å². The zero-order valence-corrected chi connectivity index (χ0v) is 23.2. The molecule has 0 radical (unpaired) electrons. The summed E-state index contributed by atoms with van der Waals surface area (Å²) in [5.74, 6) is -5.08. The molecular weight excluding hydrogens is 526 g/mol. The lowest BCUT2D eigenvalue weighted by atomic mass is 9.46. The second-order valence-electron chi connectivity index (χ2n) is 11.9. The lowest BCUT2D eigenvalue weighted by molar-refractivity contribution is -0.176. The number of nitrogen functional groups attached to an aromatic ring is 1. The van der Waals surface area contributed by atoms with Gasteiger partial charge in [0.25, 0.3) is 5.91 Å². The molecule has 1 amide bonds. The van der Waals surface area contributed by atoms with Crippen molar-refractivity contribution in [2.45, 2.75) is 38.3 Å². The molecule has 2 aromatic rings. The third-order valence-corrected chi connectivity index (χ3v) is 8.94. The minimum atomic E-state index is -2.75. The Morgan fingerprint density at radius 2 is 1.66 bits per heavy atom. The molecule has 8 N–H and O–H groups in total. The highest BCUT2D eigenvalue weighted by atomic mass is 16.3. The van der Waals surface area contributed by atoms with Crippen LogP contribution in [0.1, 0.15) is 42.5 Å². The van der Waals surface area contributed by atoms with E-state index in [1.807, 2.05) is 24.3 Å². The molecule has 0 aliphatic heterocycles. The summed E-state index contributed by atoms with van der Waals surface area (Å²) in [6.07, 6.45) is 3.81. The standard InChI is InChI=1S/C31H33N3O7/c1-29-13-18-16(8-5-15-6-10-17(32)11-7-15)9-12-19(35)20(18)23(36)22(29)27(39)31(41)26(38)21(28(33)40)24(37)25(34(3)4)30(31,2)14-29/h5-12,25,35-36,38,41H,13-14,32H2,1-4H3,(H2,33,40)/b8-5+/t25-,29+,30+,31-/m1/s1. The smallest absolute Gasteiger partial charge is 0.255 e. The summed E-state index contributed by atoms with van der Waals surface area (Å²) in [7, 11) is 3.14. The number of Topliss-reactive ketones (excluding diaryl/α,β-unsaturated/α-hetero) is 2. The number of primary amides is 1. The number of carbonyl (C=O) groups is 3. The van der Waals surface area contributed by atoms with Crippen molar-refractivity contribution in [1.82, 2.24) is 4.90 Å². The van der Waals surface area contributed by atoms with Gasteiger partial charge in [0.1, 0.15) is 22.8 Å². The maximum Gasteiger partial charge on any atom is 0.255 e. The average Bonchev–Trinajstić information content (AvgIpc) is 2.86. The molecular formula is C31H33N3O7. The van der Waals surface area contributed by atoms with Gasteiger partial charge in [0.2, 0.25) is 5.78 Å². The Kier molecular flexibility index (Phi) is 6.21. The second kappa shape index (κ2) is 9.05. The van der Waals surface area contributed by atoms with Crippen LogP contribution >= 0.6 is 0 Å². The van der Waals surface area contributed by atoms with Crippen molar-refractivity contribution in [3.05, 3.63) is 75.6 Å². The second-order valence-corrected chi connectivity index (χ2v) is 11.9. The number of phenolic OH excluding ortho intramolecular Hbond substituents is 1. The number of aliphatic hydroxyl groups excluding tert-OH is 2. The van der Waals surface area contributed by atoms with Gasteiger partial charge in [-0.05, 0) is 61.8 Å². The zero-order valence-electron chi connectivity index (χ0n) is 23.2. The number of ketones is 2. The van der Waals surface area contributed by atoms with Crippen molar-refractivity contribution in [2.75, 3.05) is 19.8 Å². The van der Waals surface area contributed by atoms with Gasteiger partial charge in [-0.2, -0.15) is 0 Å². The minimum Gasteiger partial charge on any atom is -0.508 e. The molecule has 10 heteroatoms. The highest BCUT2D eigenvalue weighted by molar-refractivity contribution is 6.25. The van der Waals surface area contributed by atoms with E-state index in [0.29, 0.717) is 16.8 Å². The number of amides is 1. The highest BCUT2D eigenvalue weighted by Gasteiger charge is 2.72. The summed E-state index contributed by atoms with van der Waals surface area (Å²) >= 11 is 0. The number of nitrogens with two attached hydrogens (primary N) is 2. The van der Waals surface area contributed by atoms with Crippen LogP contribution in [-0.2, 0) is 20.8 Å². The van der Waals surface area contributed by atoms with Crippen LogP contribution in [0.3, 0.4) is 0 Å². The van der Waals surface area contributed by atoms with Gasteiger partial charge < -0.3 is 31.9 Å². The number of benzene rings is 2. The number of aliphatic hydroxyl groups is 3. The zero-order chi connectivity index (χ0) is 30.2. The Bertz CT molecular complexity index is 1620. The van der Waals surface area contributed by atoms with Crippen LogP contribution in [0, 0.1) is 10.8 Å². The number of carbonyl (C=O) groups excluding carboxylic acids is 3. The third kappa shape index (κ3) is 3.74. The molecule has 3 aliphatic rings. The number of hydrogen-bond acceptors (Lipinski definition) is 9. The summed E-state index contributed by atoms with van der Waals surface area (Å²) < 4.78 is 0. The fourth-order valence-corrected chi connectivity index (χ4v) is 7.29. The molecule has 0 aromatic heterocycles. The van der Waals surface area contributed by atoms with Crippen LogP contribution in [-0.4, -0.2) is 68.5 Å². The molecule has 214 valence electrons. The molecule has 0 saturated heterocycles. The number of fused-ring (bicyclic) bond motifs is 3. The Hall–Kier alpha value is -4.41. The summed E-state index contributed by atoms with van der Waals surface area (Å²) in [6, 6.07) is 9.12. The van der Waals surface area contributed by atoms with Gasteiger partial charge in [0.05, 0.1) is 11.6 Å². The molecule has 0 spiro atoms. The van der Waals surface area contributed by atoms with Gasteiger partial charge in [-0.15, -0.1) is 0 Å². The number of likely N-dealkylation sites (N-methyl/N-ethyl adjacent to an activating group) is 1. The summed E-state index contributed by atoms with van der Waals surface area (Å²) in [6.45, 7) is 3.25. The van der Waals surface area contributed by atoms with Crippen molar-refractivity contribution in [3.8, 4) is 5.75 Å². The topological polar surface area (TPSA) is 187 Å². The average molecular weight is 560 g/mol. The molecule has 5 rings (SSSR count). The minimum absolute atomic E-state index is 0.0344. The van der Waals surface area contributed by atoms with E-state index in [9.17, 15) is 34.8 Å². The van der Waals surface area contributed by atoms with Crippen LogP contribution in [0.5, 0.6) is 5.75 Å². The first-order chi connectivity index (χ1) is 19.1. The van der Waals surface area contributed by atoms with E-state index in [1.165, 1.54) is 17.9 Å². The molecule has 10 nitrogen and oxygen atoms in total. The SMILES string of the molecule is CN(C)[C@@H]1C(=O)C(C(N)=O)=C(O)[C@@]2(O)C(=O)C3=C(O)c4c(O)ccc(/C=C/c5ccc(N)cc5)c4C[C@@]3(C)C[C@@]12C. The van der Waals surface area contributed by atoms with Gasteiger partial charge in [-0.25, -0.2) is 0 Å². The van der Waals surface area contributed by atoms with E-state index in [-0.39, 0.29) is 29.7 Å². The Morgan fingerprint density at radius 1 is 1.02 bits per heavy atom. The summed E-state index contributed by atoms with van der Waals surface area (Å²) in [5.41, 5.74) is 7.42. The lowest BCUT2D eigenvalue weighted by Crippen LogP contribution is -2.72. The predicted octanol–water partition coefficient (Wildman–Crippen LogP) is 2.50. The van der Waals surface area contributed by atoms with E-state index in [2.05, 4.69) is 0 Å². The van der Waals surface area contributed by atoms with Crippen LogP contribution in [0.15, 0.2) is 53.3 Å². The maximum absolute atomic E-state index is 14.3. The predicted molar refractivity (Wildman–Crippen MR) is 153 cm³/mol. The number of anilines is 1. The number of rotatable bonds is 4. The van der Waals surface area contributed by atoms with Gasteiger partial charge in [0, 0.05) is 22.1 Å². The number of phenols is 1. The van der Waals surface area contributed by atoms with Crippen molar-refractivity contribution >= 4 is 41.1 Å². The lowest BCUT2D eigenvalue weighted by Gasteiger charge is -2.59. The van der Waals surface area contributed by atoms with Crippen molar-refractivity contribution in [1.29, 1.82) is 0 Å². The summed E-state index contributed by atoms with van der Waals surface area (Å²) in [5, 5.41) is 45.6. The molecule has 0 unspecified atom stereocenters. The molecule has 2 aromatic carbocycles. The number of nitrogens with zero attached hydrogens (tertiary/aromatic N) is 1. The third-order valence-electron chi connectivity index (χ3n) is 8.94. The first kappa shape index (κ1) is 28.1. The Labute approximate surface area is 236 Å². The molecule has 3 aliphatic carbocycles. The summed E-state index contributed by atoms with van der Waals surface area (Å²) in [4.78, 5) is 41.5.